The molecule has 0 radical (unpaired) electrons. The smallest absolute Gasteiger partial charge is 0.244 e. The van der Waals surface area contributed by atoms with Gasteiger partial charge in [0.1, 0.15) is 18.3 Å². The maximum Gasteiger partial charge on any atom is 0.244 e. The molecule has 0 aliphatic heterocycles. The van der Waals surface area contributed by atoms with Gasteiger partial charge in [0, 0.05) is 13.1 Å². The molecule has 0 heterocycles. The van der Waals surface area contributed by atoms with Gasteiger partial charge in [0.25, 0.3) is 0 Å². The molecule has 0 spiro atoms. The highest BCUT2D eigenvalue weighted by molar-refractivity contribution is 7.92. The van der Waals surface area contributed by atoms with E-state index in [1.54, 1.807) is 37.4 Å². The van der Waals surface area contributed by atoms with Crippen LogP contribution in [0.5, 0.6) is 5.75 Å². The number of nitrogens with zero attached hydrogens (tertiary/aromatic N) is 2. The molecule has 2 rings (SSSR count). The number of methoxy groups -OCH3 is 1. The molecule has 0 aromatic heterocycles. The van der Waals surface area contributed by atoms with Crippen LogP contribution in [0.1, 0.15) is 37.8 Å². The highest BCUT2D eigenvalue weighted by Gasteiger charge is 2.31. The molecule has 2 aromatic rings. The van der Waals surface area contributed by atoms with Gasteiger partial charge in [-0.2, -0.15) is 0 Å². The number of hydrogen-bond donors (Lipinski definition) is 1. The van der Waals surface area contributed by atoms with Crippen LogP contribution < -0.4 is 14.4 Å². The molecule has 1 N–H and O–H groups in total. The van der Waals surface area contributed by atoms with E-state index in [0.29, 0.717) is 24.4 Å². The molecule has 0 unspecified atom stereocenters. The molecular weight excluding hydrogens is 454 g/mol. The minimum absolute atomic E-state index is 0.159. The molecule has 1 atom stereocenters. The van der Waals surface area contributed by atoms with Gasteiger partial charge in [0.2, 0.25) is 21.8 Å². The van der Waals surface area contributed by atoms with Crippen molar-refractivity contribution >= 4 is 27.5 Å². The van der Waals surface area contributed by atoms with E-state index in [9.17, 15) is 18.0 Å². The van der Waals surface area contributed by atoms with Crippen LogP contribution in [0.15, 0.2) is 48.5 Å². The maximum absolute atomic E-state index is 13.6. The molecule has 8 nitrogen and oxygen atoms in total. The Labute approximate surface area is 202 Å². The average molecular weight is 490 g/mol. The lowest BCUT2D eigenvalue weighted by Gasteiger charge is -2.33. The summed E-state index contributed by atoms with van der Waals surface area (Å²) in [6, 6.07) is 13.4. The molecule has 0 saturated carbocycles. The first-order valence-corrected chi connectivity index (χ1v) is 13.2. The number of benzene rings is 2. The predicted molar refractivity (Wildman–Crippen MR) is 134 cm³/mol. The molecule has 186 valence electrons. The second-order valence-corrected chi connectivity index (χ2v) is 10.1. The van der Waals surface area contributed by atoms with Crippen molar-refractivity contribution in [2.45, 2.75) is 46.2 Å². The van der Waals surface area contributed by atoms with E-state index in [1.165, 1.54) is 4.90 Å². The van der Waals surface area contributed by atoms with Crippen molar-refractivity contribution in [1.82, 2.24) is 10.2 Å². The van der Waals surface area contributed by atoms with Crippen molar-refractivity contribution in [2.24, 2.45) is 0 Å². The van der Waals surface area contributed by atoms with Gasteiger partial charge in [0.05, 0.1) is 19.1 Å². The summed E-state index contributed by atoms with van der Waals surface area (Å²) >= 11 is 0. The van der Waals surface area contributed by atoms with Crippen LogP contribution in [0.2, 0.25) is 0 Å². The molecule has 0 fully saturated rings. The second kappa shape index (κ2) is 12.4. The van der Waals surface area contributed by atoms with E-state index in [-0.39, 0.29) is 12.5 Å². The van der Waals surface area contributed by atoms with Crippen LogP contribution in [0, 0.1) is 6.92 Å². The topological polar surface area (TPSA) is 96.0 Å². The standard InChI is InChI=1S/C25H35N3O5S/c1-6-15-26-25(30)23(7-2)27(17-20-11-13-22(33-4)14-12-20)24(29)18-28(34(5,31)32)21-10-8-9-19(3)16-21/h8-14,16,23H,6-7,15,17-18H2,1-5H3,(H,26,30)/t23-/m0/s1. The largest absolute Gasteiger partial charge is 0.497 e. The predicted octanol–water partition coefficient (Wildman–Crippen LogP) is 3.10. The van der Waals surface area contributed by atoms with E-state index in [1.807, 2.05) is 39.0 Å². The van der Waals surface area contributed by atoms with E-state index in [2.05, 4.69) is 5.32 Å². The molecule has 0 aliphatic rings. The van der Waals surface area contributed by atoms with Gasteiger partial charge >= 0.3 is 0 Å². The Bertz CT molecular complexity index is 1070. The zero-order valence-corrected chi connectivity index (χ0v) is 21.4. The van der Waals surface area contributed by atoms with Crippen LogP contribution in [-0.4, -0.2) is 57.6 Å². The summed E-state index contributed by atoms with van der Waals surface area (Å²) in [6.07, 6.45) is 2.23. The quantitative estimate of drug-likeness (QED) is 0.494. The normalized spacial score (nSPS) is 12.0. The Morgan fingerprint density at radius 1 is 1.09 bits per heavy atom. The van der Waals surface area contributed by atoms with Crippen LogP contribution >= 0.6 is 0 Å². The Morgan fingerprint density at radius 3 is 2.29 bits per heavy atom. The van der Waals surface area contributed by atoms with E-state index in [0.717, 1.165) is 28.1 Å². The van der Waals surface area contributed by atoms with Crippen LogP contribution in [0.3, 0.4) is 0 Å². The number of carbonyl (C=O) groups excluding carboxylic acids is 2. The maximum atomic E-state index is 13.6. The van der Waals surface area contributed by atoms with Gasteiger partial charge in [-0.15, -0.1) is 0 Å². The molecule has 9 heteroatoms. The zero-order chi connectivity index (χ0) is 25.3. The number of hydrogen-bond acceptors (Lipinski definition) is 5. The fourth-order valence-electron chi connectivity index (χ4n) is 3.61. The third-order valence-corrected chi connectivity index (χ3v) is 6.56. The number of ether oxygens (including phenoxy) is 1. The SMILES string of the molecule is CCCNC(=O)[C@H](CC)N(Cc1ccc(OC)cc1)C(=O)CN(c1cccc(C)c1)S(C)(=O)=O. The lowest BCUT2D eigenvalue weighted by molar-refractivity contribution is -0.140. The van der Waals surface area contributed by atoms with Gasteiger partial charge in [-0.1, -0.05) is 38.1 Å². The molecule has 2 amide bonds. The number of rotatable bonds is 12. The van der Waals surface area contributed by atoms with Crippen molar-refractivity contribution < 1.29 is 22.7 Å². The summed E-state index contributed by atoms with van der Waals surface area (Å²) in [4.78, 5) is 27.9. The van der Waals surface area contributed by atoms with Crippen molar-refractivity contribution in [1.29, 1.82) is 0 Å². The summed E-state index contributed by atoms with van der Waals surface area (Å²) < 4.78 is 31.5. The van der Waals surface area contributed by atoms with Crippen LogP contribution in [-0.2, 0) is 26.2 Å². The van der Waals surface area contributed by atoms with Gasteiger partial charge in [-0.3, -0.25) is 13.9 Å². The molecule has 34 heavy (non-hydrogen) atoms. The Balaban J connectivity index is 2.41. The Kier molecular flexibility index (Phi) is 9.92. The van der Waals surface area contributed by atoms with Crippen LogP contribution in [0.4, 0.5) is 5.69 Å². The summed E-state index contributed by atoms with van der Waals surface area (Å²) in [5, 5.41) is 2.86. The Morgan fingerprint density at radius 2 is 1.76 bits per heavy atom. The van der Waals surface area contributed by atoms with Crippen molar-refractivity contribution in [2.75, 3.05) is 30.8 Å². The Hall–Kier alpha value is -3.07. The van der Waals surface area contributed by atoms with E-state index in [4.69, 9.17) is 4.74 Å². The number of aryl methyl sites for hydroxylation is 1. The van der Waals surface area contributed by atoms with E-state index < -0.39 is 28.5 Å². The summed E-state index contributed by atoms with van der Waals surface area (Å²) in [6.45, 7) is 5.89. The number of nitrogens with one attached hydrogen (secondary N) is 1. The third-order valence-electron chi connectivity index (χ3n) is 5.42. The van der Waals surface area contributed by atoms with Crippen molar-refractivity contribution in [3.8, 4) is 5.75 Å². The fourth-order valence-corrected chi connectivity index (χ4v) is 4.45. The second-order valence-electron chi connectivity index (χ2n) is 8.19. The number of sulfonamides is 1. The molecule has 0 bridgehead atoms. The summed E-state index contributed by atoms with van der Waals surface area (Å²) in [5.41, 5.74) is 2.08. The minimum Gasteiger partial charge on any atom is -0.497 e. The highest BCUT2D eigenvalue weighted by Crippen LogP contribution is 2.21. The number of anilines is 1. The highest BCUT2D eigenvalue weighted by atomic mass is 32.2. The summed E-state index contributed by atoms with van der Waals surface area (Å²) in [7, 11) is -2.17. The van der Waals surface area contributed by atoms with Gasteiger partial charge in [-0.25, -0.2) is 8.42 Å². The molecule has 2 aromatic carbocycles. The lowest BCUT2D eigenvalue weighted by Crippen LogP contribution is -2.52. The molecule has 0 saturated heterocycles. The van der Waals surface area contributed by atoms with Crippen LogP contribution in [0.25, 0.3) is 0 Å². The number of carbonyl (C=O) groups is 2. The monoisotopic (exact) mass is 489 g/mol. The summed E-state index contributed by atoms with van der Waals surface area (Å²) in [5.74, 6) is -0.0361. The molecular formula is C25H35N3O5S. The first kappa shape index (κ1) is 27.2. The third kappa shape index (κ3) is 7.48. The first-order chi connectivity index (χ1) is 16.1. The van der Waals surface area contributed by atoms with Gasteiger partial charge < -0.3 is 15.0 Å². The zero-order valence-electron chi connectivity index (χ0n) is 20.6. The van der Waals surface area contributed by atoms with E-state index >= 15 is 0 Å². The minimum atomic E-state index is -3.74. The lowest BCUT2D eigenvalue weighted by atomic mass is 10.1. The fraction of sp³-hybridized carbons (Fsp3) is 0.440. The average Bonchev–Trinajstić information content (AvgIpc) is 2.80. The molecule has 0 aliphatic carbocycles. The van der Waals surface area contributed by atoms with Gasteiger partial charge in [-0.05, 0) is 55.2 Å². The number of amides is 2. The van der Waals surface area contributed by atoms with Crippen molar-refractivity contribution in [3.63, 3.8) is 0 Å². The van der Waals surface area contributed by atoms with Crippen molar-refractivity contribution in [3.05, 3.63) is 59.7 Å². The van der Waals surface area contributed by atoms with Gasteiger partial charge in [0.15, 0.2) is 0 Å². The first-order valence-electron chi connectivity index (χ1n) is 11.3.